The lowest BCUT2D eigenvalue weighted by Gasteiger charge is -2.17. The van der Waals surface area contributed by atoms with Gasteiger partial charge in [0.05, 0.1) is 28.9 Å². The molecular formula is C19H18ClN3O3. The van der Waals surface area contributed by atoms with Gasteiger partial charge >= 0.3 is 5.97 Å². The Labute approximate surface area is 155 Å². The van der Waals surface area contributed by atoms with Gasteiger partial charge in [0, 0.05) is 12.0 Å². The van der Waals surface area contributed by atoms with Gasteiger partial charge in [0.15, 0.2) is 0 Å². The van der Waals surface area contributed by atoms with E-state index in [1.165, 1.54) is 7.11 Å². The number of fused-ring (bicyclic) bond motifs is 3. The van der Waals surface area contributed by atoms with E-state index in [9.17, 15) is 4.79 Å². The molecule has 2 N–H and O–H groups in total. The third-order valence-corrected chi connectivity index (χ3v) is 4.67. The monoisotopic (exact) mass is 371 g/mol. The molecule has 1 aliphatic heterocycles. The summed E-state index contributed by atoms with van der Waals surface area (Å²) >= 11 is 6.20. The first-order chi connectivity index (χ1) is 12.4. The Balaban J connectivity index is 1.84. The molecule has 134 valence electrons. The normalized spacial score (nSPS) is 14.8. The lowest BCUT2D eigenvalue weighted by atomic mass is 9.99. The van der Waals surface area contributed by atoms with Gasteiger partial charge in [0.1, 0.15) is 16.9 Å². The van der Waals surface area contributed by atoms with Crippen LogP contribution in [0, 0.1) is 0 Å². The largest absolute Gasteiger partial charge is 0.486 e. The number of H-pyrrole nitrogens is 1. The van der Waals surface area contributed by atoms with Crippen molar-refractivity contribution < 1.29 is 14.3 Å². The van der Waals surface area contributed by atoms with Crippen LogP contribution in [0.15, 0.2) is 30.3 Å². The number of hydrogen-bond donors (Lipinski definition) is 2. The van der Waals surface area contributed by atoms with Crippen LogP contribution in [0.25, 0.3) is 11.0 Å². The van der Waals surface area contributed by atoms with Crippen molar-refractivity contribution in [3.8, 4) is 5.75 Å². The summed E-state index contributed by atoms with van der Waals surface area (Å²) in [6, 6.07) is 9.13. The number of imidazole rings is 1. The first-order valence-electron chi connectivity index (χ1n) is 8.22. The highest BCUT2D eigenvalue weighted by Crippen LogP contribution is 2.42. The zero-order valence-corrected chi connectivity index (χ0v) is 15.4. The highest BCUT2D eigenvalue weighted by molar-refractivity contribution is 6.33. The molecule has 7 heteroatoms. The lowest BCUT2D eigenvalue weighted by molar-refractivity contribution is 0.0590. The molecule has 2 heterocycles. The predicted molar refractivity (Wildman–Crippen MR) is 101 cm³/mol. The molecule has 0 aliphatic carbocycles. The molecule has 4 rings (SSSR count). The Morgan fingerprint density at radius 1 is 1.38 bits per heavy atom. The van der Waals surface area contributed by atoms with Crippen molar-refractivity contribution in [2.45, 2.75) is 25.9 Å². The average Bonchev–Trinajstić information content (AvgIpc) is 3.14. The van der Waals surface area contributed by atoms with Crippen LogP contribution in [-0.4, -0.2) is 28.6 Å². The SMILES string of the molecule is COC(=O)c1cc2[nH]c(Nc3ccccc3Cl)nc2c2c1OC(C)(C)C2. The van der Waals surface area contributed by atoms with E-state index >= 15 is 0 Å². The average molecular weight is 372 g/mol. The van der Waals surface area contributed by atoms with Crippen molar-refractivity contribution >= 4 is 40.2 Å². The number of carbonyl (C=O) groups excluding carboxylic acids is 1. The zero-order chi connectivity index (χ0) is 18.5. The predicted octanol–water partition coefficient (Wildman–Crippen LogP) is 4.46. The van der Waals surface area contributed by atoms with Crippen LogP contribution < -0.4 is 10.1 Å². The summed E-state index contributed by atoms with van der Waals surface area (Å²) in [5.41, 5.74) is 3.14. The van der Waals surface area contributed by atoms with Gasteiger partial charge in [-0.25, -0.2) is 9.78 Å². The number of carbonyl (C=O) groups is 1. The topological polar surface area (TPSA) is 76.2 Å². The molecular weight excluding hydrogens is 354 g/mol. The molecule has 26 heavy (non-hydrogen) atoms. The maximum atomic E-state index is 12.2. The van der Waals surface area contributed by atoms with Crippen LogP contribution in [0.3, 0.4) is 0 Å². The molecule has 0 atom stereocenters. The number of halogens is 1. The van der Waals surface area contributed by atoms with Crippen molar-refractivity contribution in [2.75, 3.05) is 12.4 Å². The minimum Gasteiger partial charge on any atom is -0.486 e. The fourth-order valence-corrected chi connectivity index (χ4v) is 3.41. The summed E-state index contributed by atoms with van der Waals surface area (Å²) in [6.45, 7) is 3.96. The van der Waals surface area contributed by atoms with Gasteiger partial charge < -0.3 is 19.8 Å². The molecule has 0 fully saturated rings. The molecule has 1 aromatic heterocycles. The van der Waals surface area contributed by atoms with E-state index in [4.69, 9.17) is 21.1 Å². The van der Waals surface area contributed by atoms with E-state index < -0.39 is 11.6 Å². The van der Waals surface area contributed by atoms with Gasteiger partial charge in [0.2, 0.25) is 5.95 Å². The summed E-state index contributed by atoms with van der Waals surface area (Å²) in [7, 11) is 1.36. The van der Waals surface area contributed by atoms with Crippen molar-refractivity contribution in [1.29, 1.82) is 0 Å². The number of aromatic amines is 1. The first-order valence-corrected chi connectivity index (χ1v) is 8.60. The third-order valence-electron chi connectivity index (χ3n) is 4.34. The first kappa shape index (κ1) is 16.7. The second-order valence-electron chi connectivity index (χ2n) is 6.85. The third kappa shape index (κ3) is 2.76. The number of ether oxygens (including phenoxy) is 2. The summed E-state index contributed by atoms with van der Waals surface area (Å²) in [5, 5.41) is 3.78. The van der Waals surface area contributed by atoms with Gasteiger partial charge in [0.25, 0.3) is 0 Å². The van der Waals surface area contributed by atoms with E-state index in [0.29, 0.717) is 28.7 Å². The number of aromatic nitrogens is 2. The number of nitrogens with zero attached hydrogens (tertiary/aromatic N) is 1. The van der Waals surface area contributed by atoms with E-state index in [-0.39, 0.29) is 0 Å². The van der Waals surface area contributed by atoms with Crippen LogP contribution >= 0.6 is 11.6 Å². The van der Waals surface area contributed by atoms with E-state index in [1.807, 2.05) is 32.0 Å². The Hall–Kier alpha value is -2.73. The van der Waals surface area contributed by atoms with Gasteiger partial charge in [-0.2, -0.15) is 0 Å². The zero-order valence-electron chi connectivity index (χ0n) is 14.6. The molecule has 1 aliphatic rings. The van der Waals surface area contributed by atoms with Gasteiger partial charge in [-0.05, 0) is 32.0 Å². The van der Waals surface area contributed by atoms with Gasteiger partial charge in [-0.15, -0.1) is 0 Å². The number of hydrogen-bond acceptors (Lipinski definition) is 5. The maximum absolute atomic E-state index is 12.2. The lowest BCUT2D eigenvalue weighted by Crippen LogP contribution is -2.25. The molecule has 0 unspecified atom stereocenters. The molecule has 0 spiro atoms. The smallest absolute Gasteiger partial charge is 0.341 e. The molecule has 2 aromatic carbocycles. The van der Waals surface area contributed by atoms with Crippen LogP contribution in [0.2, 0.25) is 5.02 Å². The number of rotatable bonds is 3. The van der Waals surface area contributed by atoms with Crippen molar-refractivity contribution in [3.05, 3.63) is 46.5 Å². The van der Waals surface area contributed by atoms with E-state index in [1.54, 1.807) is 12.1 Å². The number of methoxy groups -OCH3 is 1. The molecule has 3 aromatic rings. The fraction of sp³-hybridized carbons (Fsp3) is 0.263. The van der Waals surface area contributed by atoms with Gasteiger partial charge in [-0.3, -0.25) is 0 Å². The van der Waals surface area contributed by atoms with Crippen LogP contribution in [0.1, 0.15) is 29.8 Å². The van der Waals surface area contributed by atoms with Crippen LogP contribution in [0.4, 0.5) is 11.6 Å². The summed E-state index contributed by atoms with van der Waals surface area (Å²) in [6.07, 6.45) is 0.653. The Kier molecular flexibility index (Phi) is 3.80. The van der Waals surface area contributed by atoms with Crippen molar-refractivity contribution in [2.24, 2.45) is 0 Å². The highest BCUT2D eigenvalue weighted by Gasteiger charge is 2.36. The molecule has 0 amide bonds. The summed E-state index contributed by atoms with van der Waals surface area (Å²) in [4.78, 5) is 20.1. The minimum atomic E-state index is -0.434. The van der Waals surface area contributed by atoms with Crippen molar-refractivity contribution in [3.63, 3.8) is 0 Å². The van der Waals surface area contributed by atoms with Gasteiger partial charge in [-0.1, -0.05) is 23.7 Å². The number of benzene rings is 2. The summed E-state index contributed by atoms with van der Waals surface area (Å²) < 4.78 is 10.9. The number of para-hydroxylation sites is 1. The standard InChI is InChI=1S/C19H18ClN3O3/c1-19(2)9-11-15-14(8-10(16(11)26-19)17(24)25-3)22-18(23-15)21-13-7-5-4-6-12(13)20/h4-8H,9H2,1-3H3,(H2,21,22,23). The molecule has 0 radical (unpaired) electrons. The molecule has 0 saturated carbocycles. The molecule has 0 bridgehead atoms. The number of anilines is 2. The second-order valence-corrected chi connectivity index (χ2v) is 7.26. The van der Waals surface area contributed by atoms with Crippen LogP contribution in [0.5, 0.6) is 5.75 Å². The van der Waals surface area contributed by atoms with E-state index in [0.717, 1.165) is 22.3 Å². The Morgan fingerprint density at radius 3 is 2.88 bits per heavy atom. The molecule has 6 nitrogen and oxygen atoms in total. The van der Waals surface area contributed by atoms with E-state index in [2.05, 4.69) is 15.3 Å². The van der Waals surface area contributed by atoms with Crippen LogP contribution in [-0.2, 0) is 11.2 Å². The summed E-state index contributed by atoms with van der Waals surface area (Å²) in [5.74, 6) is 0.656. The second kappa shape index (κ2) is 5.92. The fourth-order valence-electron chi connectivity index (χ4n) is 3.23. The van der Waals surface area contributed by atoms with Crippen molar-refractivity contribution in [1.82, 2.24) is 9.97 Å². The number of nitrogens with one attached hydrogen (secondary N) is 2. The number of esters is 1. The molecule has 0 saturated heterocycles. The Morgan fingerprint density at radius 2 is 2.15 bits per heavy atom. The minimum absolute atomic E-state index is 0.397. The Bertz CT molecular complexity index is 1030. The maximum Gasteiger partial charge on any atom is 0.341 e. The highest BCUT2D eigenvalue weighted by atomic mass is 35.5. The quantitative estimate of drug-likeness (QED) is 0.665.